The number of H-pyrrole nitrogens is 1. The molecule has 0 bridgehead atoms. The van der Waals surface area contributed by atoms with Crippen molar-refractivity contribution >= 4 is 22.7 Å². The molecule has 2 heterocycles. The lowest BCUT2D eigenvalue weighted by Crippen LogP contribution is -2.45. The summed E-state index contributed by atoms with van der Waals surface area (Å²) in [7, 11) is 2.14. The van der Waals surface area contributed by atoms with E-state index in [1.807, 2.05) is 18.2 Å². The van der Waals surface area contributed by atoms with Gasteiger partial charge in [0.2, 0.25) is 0 Å². The van der Waals surface area contributed by atoms with Crippen LogP contribution in [0.4, 0.5) is 0 Å². The second-order valence-electron chi connectivity index (χ2n) is 5.34. The molecule has 108 valence electrons. The van der Waals surface area contributed by atoms with Gasteiger partial charge in [0.05, 0.1) is 10.9 Å². The largest absolute Gasteiger partial charge is 0.417 e. The lowest BCUT2D eigenvalue weighted by Gasteiger charge is -2.33. The number of nitrogens with one attached hydrogen (secondary N) is 1. The molecule has 5 nitrogen and oxygen atoms in total. The monoisotopic (exact) mass is 295 g/mol. The first-order valence-electron chi connectivity index (χ1n) is 6.79. The van der Waals surface area contributed by atoms with Crippen molar-refractivity contribution in [3.8, 4) is 0 Å². The van der Waals surface area contributed by atoms with Gasteiger partial charge >= 0.3 is 5.76 Å². The number of likely N-dealkylation sites (N-methyl/N-ethyl adjacent to an activating group) is 1. The number of fused-ring (bicyclic) bond motifs is 1. The van der Waals surface area contributed by atoms with Gasteiger partial charge < -0.3 is 9.32 Å². The predicted octanol–water partition coefficient (Wildman–Crippen LogP) is 1.65. The first-order valence-corrected chi connectivity index (χ1v) is 7.23. The minimum absolute atomic E-state index is 0.0944. The van der Waals surface area contributed by atoms with Crippen molar-refractivity contribution in [2.75, 3.05) is 39.8 Å². The van der Waals surface area contributed by atoms with E-state index in [2.05, 4.69) is 21.8 Å². The molecule has 3 rings (SSSR count). The molecular formula is C14H18ClN3O2. The van der Waals surface area contributed by atoms with Crippen LogP contribution in [-0.4, -0.2) is 54.6 Å². The number of rotatable bonds is 3. The summed E-state index contributed by atoms with van der Waals surface area (Å²) < 4.78 is 5.07. The average Bonchev–Trinajstić information content (AvgIpc) is 2.80. The third kappa shape index (κ3) is 2.90. The zero-order valence-electron chi connectivity index (χ0n) is 11.4. The topological polar surface area (TPSA) is 52.5 Å². The third-order valence-corrected chi connectivity index (χ3v) is 4.21. The van der Waals surface area contributed by atoms with Gasteiger partial charge in [0.25, 0.3) is 0 Å². The number of hydrogen-bond donors (Lipinski definition) is 1. The van der Waals surface area contributed by atoms with Crippen LogP contribution in [-0.2, 0) is 0 Å². The van der Waals surface area contributed by atoms with Crippen LogP contribution in [0.25, 0.3) is 11.1 Å². The Morgan fingerprint density at radius 3 is 2.85 bits per heavy atom. The van der Waals surface area contributed by atoms with Gasteiger partial charge in [-0.2, -0.15) is 0 Å². The van der Waals surface area contributed by atoms with E-state index in [-0.39, 0.29) is 5.38 Å². The Balaban J connectivity index is 1.71. The molecule has 1 aliphatic heterocycles. The molecule has 1 aromatic carbocycles. The number of nitrogens with zero attached hydrogens (tertiary/aromatic N) is 2. The SMILES string of the molecule is CN1CCN(CC(Cl)c2ccc3[nH]c(=O)oc3c2)CC1. The summed E-state index contributed by atoms with van der Waals surface area (Å²) in [5, 5.41) is -0.0944. The highest BCUT2D eigenvalue weighted by atomic mass is 35.5. The van der Waals surface area contributed by atoms with Gasteiger partial charge in [-0.15, -0.1) is 11.6 Å². The minimum atomic E-state index is -0.428. The van der Waals surface area contributed by atoms with E-state index in [1.54, 1.807) is 0 Å². The van der Waals surface area contributed by atoms with Crippen molar-refractivity contribution in [1.29, 1.82) is 0 Å². The molecule has 1 aromatic heterocycles. The van der Waals surface area contributed by atoms with Crippen LogP contribution in [0.15, 0.2) is 27.4 Å². The number of benzene rings is 1. The van der Waals surface area contributed by atoms with Crippen molar-refractivity contribution in [2.45, 2.75) is 5.38 Å². The number of aromatic amines is 1. The molecule has 1 N–H and O–H groups in total. The zero-order valence-corrected chi connectivity index (χ0v) is 12.2. The maximum atomic E-state index is 11.1. The summed E-state index contributed by atoms with van der Waals surface area (Å²) in [4.78, 5) is 18.5. The Kier molecular flexibility index (Phi) is 3.83. The summed E-state index contributed by atoms with van der Waals surface area (Å²) in [5.41, 5.74) is 2.26. The van der Waals surface area contributed by atoms with Crippen LogP contribution in [0.2, 0.25) is 0 Å². The number of oxazole rings is 1. The van der Waals surface area contributed by atoms with Gasteiger partial charge in [-0.25, -0.2) is 4.79 Å². The number of alkyl halides is 1. The molecule has 1 atom stereocenters. The summed E-state index contributed by atoms with van der Waals surface area (Å²) >= 11 is 6.50. The summed E-state index contributed by atoms with van der Waals surface area (Å²) in [6.07, 6.45) is 0. The number of aromatic nitrogens is 1. The molecule has 0 radical (unpaired) electrons. The normalized spacial score (nSPS) is 19.5. The van der Waals surface area contributed by atoms with E-state index in [0.29, 0.717) is 11.1 Å². The molecule has 0 amide bonds. The van der Waals surface area contributed by atoms with Crippen LogP contribution >= 0.6 is 11.6 Å². The van der Waals surface area contributed by atoms with Gasteiger partial charge in [0.1, 0.15) is 0 Å². The molecule has 0 saturated carbocycles. The Morgan fingerprint density at radius 1 is 1.35 bits per heavy atom. The van der Waals surface area contributed by atoms with Gasteiger partial charge in [0.15, 0.2) is 5.58 Å². The molecule has 0 aliphatic carbocycles. The van der Waals surface area contributed by atoms with Crippen LogP contribution in [0.5, 0.6) is 0 Å². The lowest BCUT2D eigenvalue weighted by atomic mass is 10.1. The number of hydrogen-bond acceptors (Lipinski definition) is 4. The van der Waals surface area contributed by atoms with Crippen LogP contribution in [0.1, 0.15) is 10.9 Å². The second kappa shape index (κ2) is 5.60. The molecule has 0 spiro atoms. The Hall–Kier alpha value is -1.30. The highest BCUT2D eigenvalue weighted by Crippen LogP contribution is 2.25. The van der Waals surface area contributed by atoms with Gasteiger partial charge in [-0.1, -0.05) is 6.07 Å². The fraction of sp³-hybridized carbons (Fsp3) is 0.500. The smallest absolute Gasteiger partial charge is 0.408 e. The quantitative estimate of drug-likeness (QED) is 0.875. The summed E-state index contributed by atoms with van der Waals surface area (Å²) in [6, 6.07) is 5.64. The molecule has 1 aliphatic rings. The van der Waals surface area contributed by atoms with Gasteiger partial charge in [0, 0.05) is 32.7 Å². The molecule has 1 unspecified atom stereocenters. The molecular weight excluding hydrogens is 278 g/mol. The summed E-state index contributed by atoms with van der Waals surface area (Å²) in [6.45, 7) is 5.06. The van der Waals surface area contributed by atoms with E-state index in [4.69, 9.17) is 16.0 Å². The molecule has 1 saturated heterocycles. The zero-order chi connectivity index (χ0) is 14.1. The maximum absolute atomic E-state index is 11.1. The fourth-order valence-corrected chi connectivity index (χ4v) is 2.85. The second-order valence-corrected chi connectivity index (χ2v) is 5.87. The maximum Gasteiger partial charge on any atom is 0.417 e. The average molecular weight is 296 g/mol. The first-order chi connectivity index (χ1) is 9.61. The van der Waals surface area contributed by atoms with Crippen LogP contribution in [0, 0.1) is 0 Å². The molecule has 1 fully saturated rings. The highest BCUT2D eigenvalue weighted by Gasteiger charge is 2.18. The molecule has 20 heavy (non-hydrogen) atoms. The lowest BCUT2D eigenvalue weighted by molar-refractivity contribution is 0.154. The van der Waals surface area contributed by atoms with Crippen LogP contribution < -0.4 is 5.76 Å². The van der Waals surface area contributed by atoms with Crippen molar-refractivity contribution in [2.24, 2.45) is 0 Å². The minimum Gasteiger partial charge on any atom is -0.408 e. The van der Waals surface area contributed by atoms with E-state index < -0.39 is 5.76 Å². The highest BCUT2D eigenvalue weighted by molar-refractivity contribution is 6.21. The van der Waals surface area contributed by atoms with Gasteiger partial charge in [-0.3, -0.25) is 9.88 Å². The van der Waals surface area contributed by atoms with Gasteiger partial charge in [-0.05, 0) is 24.7 Å². The van der Waals surface area contributed by atoms with E-state index in [9.17, 15) is 4.79 Å². The molecule has 2 aromatic rings. The van der Waals surface area contributed by atoms with E-state index in [0.717, 1.165) is 38.3 Å². The number of piperazine rings is 1. The summed E-state index contributed by atoms with van der Waals surface area (Å²) in [5.74, 6) is -0.428. The van der Waals surface area contributed by atoms with E-state index in [1.165, 1.54) is 0 Å². The van der Waals surface area contributed by atoms with Crippen molar-refractivity contribution in [3.63, 3.8) is 0 Å². The standard InChI is InChI=1S/C14H18ClN3O2/c1-17-4-6-18(7-5-17)9-11(15)10-2-3-12-13(8-10)20-14(19)16-12/h2-3,8,11H,4-7,9H2,1H3,(H,16,19). The van der Waals surface area contributed by atoms with Crippen molar-refractivity contribution in [3.05, 3.63) is 34.3 Å². The Bertz CT molecular complexity index is 643. The molecule has 6 heteroatoms. The number of halogens is 1. The van der Waals surface area contributed by atoms with Crippen molar-refractivity contribution in [1.82, 2.24) is 14.8 Å². The fourth-order valence-electron chi connectivity index (χ4n) is 2.52. The first kappa shape index (κ1) is 13.7. The Labute approximate surface area is 122 Å². The Morgan fingerprint density at radius 2 is 2.10 bits per heavy atom. The van der Waals surface area contributed by atoms with Crippen LogP contribution in [0.3, 0.4) is 0 Å². The third-order valence-electron chi connectivity index (χ3n) is 3.82. The van der Waals surface area contributed by atoms with E-state index >= 15 is 0 Å². The predicted molar refractivity (Wildman–Crippen MR) is 79.4 cm³/mol. The van der Waals surface area contributed by atoms with Crippen molar-refractivity contribution < 1.29 is 4.42 Å².